The molecule has 0 aliphatic heterocycles. The van der Waals surface area contributed by atoms with E-state index in [9.17, 15) is 0 Å². The predicted octanol–water partition coefficient (Wildman–Crippen LogP) is 14.8. The molecule has 2 aromatic heterocycles. The van der Waals surface area contributed by atoms with Crippen LogP contribution in [0.2, 0.25) is 0 Å². The molecule has 0 fully saturated rings. The van der Waals surface area contributed by atoms with Crippen molar-refractivity contribution in [2.24, 2.45) is 0 Å². The number of anilines is 3. The Morgan fingerprint density at radius 2 is 1.11 bits per heavy atom. The smallest absolute Gasteiger partial charge is 0.143 e. The van der Waals surface area contributed by atoms with Gasteiger partial charge in [-0.05, 0) is 88.2 Å². The molecule has 2 heterocycles. The number of hydrogen-bond donors (Lipinski definition) is 0. The Hall–Kier alpha value is -7.10. The molecule has 1 aliphatic rings. The highest BCUT2D eigenvalue weighted by Crippen LogP contribution is 2.47. The number of benzene rings is 8. The molecule has 1 atom stereocenters. The van der Waals surface area contributed by atoms with Gasteiger partial charge in [0, 0.05) is 39.0 Å². The van der Waals surface area contributed by atoms with Crippen LogP contribution in [-0.2, 0) is 0 Å². The summed E-state index contributed by atoms with van der Waals surface area (Å²) in [5.41, 5.74) is 12.9. The summed E-state index contributed by atoms with van der Waals surface area (Å²) in [7, 11) is 0. The van der Waals surface area contributed by atoms with Gasteiger partial charge in [-0.15, -0.1) is 0 Å². The third-order valence-electron chi connectivity index (χ3n) is 11.2. The Bertz CT molecular complexity index is 3040. The minimum Gasteiger partial charge on any atom is -0.460 e. The third kappa shape index (κ3) is 5.27. The van der Waals surface area contributed by atoms with Crippen molar-refractivity contribution >= 4 is 66.8 Å². The standard InChI is InChI=1S/C52H35NO2/c1-3-12-34(13-4-1)36-22-27-40(28-23-36)53(41-29-24-38(25-30-41)43-19-11-20-45-44-18-9-10-21-48(44)54-51(43)45)47-32-39(35-14-5-2-6-15-35)33-49-50(47)46-31-26-37-16-7-8-17-42(37)52(46)55-49/h1-18,20-33,43H,19H2. The lowest BCUT2D eigenvalue weighted by atomic mass is 9.86. The lowest BCUT2D eigenvalue weighted by Crippen LogP contribution is -2.11. The molecular weight excluding hydrogens is 671 g/mol. The fraction of sp³-hybridized carbons (Fsp3) is 0.0385. The van der Waals surface area contributed by atoms with Crippen LogP contribution in [-0.4, -0.2) is 0 Å². The van der Waals surface area contributed by atoms with Gasteiger partial charge in [-0.3, -0.25) is 0 Å². The zero-order chi connectivity index (χ0) is 36.3. The van der Waals surface area contributed by atoms with Crippen molar-refractivity contribution in [2.75, 3.05) is 4.90 Å². The molecule has 0 saturated carbocycles. The van der Waals surface area contributed by atoms with Gasteiger partial charge in [0.1, 0.15) is 22.5 Å². The summed E-state index contributed by atoms with van der Waals surface area (Å²) < 4.78 is 13.4. The molecule has 0 amide bonds. The van der Waals surface area contributed by atoms with Gasteiger partial charge in [0.05, 0.1) is 11.1 Å². The van der Waals surface area contributed by atoms with Crippen molar-refractivity contribution in [3.8, 4) is 22.3 Å². The number of fused-ring (bicyclic) bond motifs is 8. The van der Waals surface area contributed by atoms with E-state index in [2.05, 4.69) is 193 Å². The number of furan rings is 2. The quantitative estimate of drug-likeness (QED) is 0.172. The monoisotopic (exact) mass is 705 g/mol. The number of nitrogens with zero attached hydrogens (tertiary/aromatic N) is 1. The lowest BCUT2D eigenvalue weighted by Gasteiger charge is -2.28. The summed E-state index contributed by atoms with van der Waals surface area (Å²) in [5, 5.41) is 5.62. The molecule has 3 nitrogen and oxygen atoms in total. The third-order valence-corrected chi connectivity index (χ3v) is 11.2. The van der Waals surface area contributed by atoms with Crippen LogP contribution >= 0.6 is 0 Å². The molecule has 55 heavy (non-hydrogen) atoms. The predicted molar refractivity (Wildman–Crippen MR) is 228 cm³/mol. The van der Waals surface area contributed by atoms with Crippen molar-refractivity contribution < 1.29 is 8.83 Å². The average molecular weight is 706 g/mol. The van der Waals surface area contributed by atoms with Gasteiger partial charge in [0.25, 0.3) is 0 Å². The van der Waals surface area contributed by atoms with Gasteiger partial charge in [0.15, 0.2) is 0 Å². The molecule has 0 bridgehead atoms. The summed E-state index contributed by atoms with van der Waals surface area (Å²) in [6, 6.07) is 64.9. The van der Waals surface area contributed by atoms with Crippen molar-refractivity contribution in [3.05, 3.63) is 205 Å². The van der Waals surface area contributed by atoms with E-state index in [1.165, 1.54) is 27.6 Å². The van der Waals surface area contributed by atoms with Crippen molar-refractivity contribution in [1.29, 1.82) is 0 Å². The Morgan fingerprint density at radius 3 is 1.87 bits per heavy atom. The van der Waals surface area contributed by atoms with E-state index >= 15 is 0 Å². The van der Waals surface area contributed by atoms with Gasteiger partial charge in [-0.1, -0.05) is 146 Å². The number of hydrogen-bond acceptors (Lipinski definition) is 3. The molecule has 8 aromatic carbocycles. The lowest BCUT2D eigenvalue weighted by molar-refractivity contribution is 0.517. The van der Waals surface area contributed by atoms with Gasteiger partial charge in [-0.2, -0.15) is 0 Å². The second-order valence-electron chi connectivity index (χ2n) is 14.4. The van der Waals surface area contributed by atoms with Gasteiger partial charge in [-0.25, -0.2) is 0 Å². The van der Waals surface area contributed by atoms with Crippen LogP contribution in [0, 0.1) is 0 Å². The Labute approximate surface area is 319 Å². The van der Waals surface area contributed by atoms with Crippen LogP contribution in [0.1, 0.15) is 29.2 Å². The maximum atomic E-state index is 6.88. The zero-order valence-electron chi connectivity index (χ0n) is 30.0. The number of allylic oxidation sites excluding steroid dienone is 1. The van der Waals surface area contributed by atoms with Gasteiger partial charge in [0.2, 0.25) is 0 Å². The molecule has 1 aliphatic carbocycles. The molecule has 0 spiro atoms. The summed E-state index contributed by atoms with van der Waals surface area (Å²) in [6.07, 6.45) is 5.39. The van der Waals surface area contributed by atoms with E-state index in [4.69, 9.17) is 8.83 Å². The Balaban J connectivity index is 1.12. The maximum Gasteiger partial charge on any atom is 0.143 e. The Kier molecular flexibility index (Phi) is 7.31. The summed E-state index contributed by atoms with van der Waals surface area (Å²) in [6.45, 7) is 0. The van der Waals surface area contributed by atoms with E-state index < -0.39 is 0 Å². The zero-order valence-corrected chi connectivity index (χ0v) is 30.0. The van der Waals surface area contributed by atoms with Crippen LogP contribution in [0.5, 0.6) is 0 Å². The first-order chi connectivity index (χ1) is 27.3. The van der Waals surface area contributed by atoms with Gasteiger partial charge < -0.3 is 13.7 Å². The van der Waals surface area contributed by atoms with Crippen LogP contribution < -0.4 is 4.90 Å². The fourth-order valence-electron chi connectivity index (χ4n) is 8.53. The minimum atomic E-state index is 0.138. The van der Waals surface area contributed by atoms with Crippen LogP contribution in [0.3, 0.4) is 0 Å². The average Bonchev–Trinajstić information content (AvgIpc) is 3.84. The molecule has 0 saturated heterocycles. The summed E-state index contributed by atoms with van der Waals surface area (Å²) in [5.74, 6) is 1.18. The molecule has 11 rings (SSSR count). The highest BCUT2D eigenvalue weighted by atomic mass is 16.3. The van der Waals surface area contributed by atoms with Crippen LogP contribution in [0.15, 0.2) is 197 Å². The SMILES string of the molecule is C1=Cc2c(oc3ccccc23)C(c2ccc(N(c3ccc(-c4ccccc4)cc3)c3cc(-c4ccccc4)cc4oc5c6ccccc6ccc5c34)cc2)C1. The molecule has 3 heteroatoms. The van der Waals surface area contributed by atoms with Crippen LogP contribution in [0.4, 0.5) is 17.1 Å². The van der Waals surface area contributed by atoms with Crippen molar-refractivity contribution in [1.82, 2.24) is 0 Å². The largest absolute Gasteiger partial charge is 0.460 e. The minimum absolute atomic E-state index is 0.138. The molecular formula is C52H35NO2. The summed E-state index contributed by atoms with van der Waals surface area (Å²) >= 11 is 0. The first kappa shape index (κ1) is 31.4. The summed E-state index contributed by atoms with van der Waals surface area (Å²) in [4.78, 5) is 2.39. The van der Waals surface area contributed by atoms with E-state index in [0.29, 0.717) is 0 Å². The van der Waals surface area contributed by atoms with Crippen molar-refractivity contribution in [2.45, 2.75) is 12.3 Å². The fourth-order valence-corrected chi connectivity index (χ4v) is 8.53. The maximum absolute atomic E-state index is 6.88. The number of rotatable bonds is 6. The molecule has 260 valence electrons. The Morgan fingerprint density at radius 1 is 0.473 bits per heavy atom. The van der Waals surface area contributed by atoms with Crippen LogP contribution in [0.25, 0.3) is 72.0 Å². The first-order valence-corrected chi connectivity index (χ1v) is 18.9. The van der Waals surface area contributed by atoms with Gasteiger partial charge >= 0.3 is 0 Å². The topological polar surface area (TPSA) is 29.5 Å². The number of para-hydroxylation sites is 1. The van der Waals surface area contributed by atoms with E-state index in [0.717, 1.165) is 78.7 Å². The highest BCUT2D eigenvalue weighted by molar-refractivity contribution is 6.20. The first-order valence-electron chi connectivity index (χ1n) is 18.9. The second-order valence-corrected chi connectivity index (χ2v) is 14.4. The normalized spacial score (nSPS) is 13.9. The highest BCUT2D eigenvalue weighted by Gasteiger charge is 2.27. The molecule has 0 radical (unpaired) electrons. The van der Waals surface area contributed by atoms with Crippen molar-refractivity contribution in [3.63, 3.8) is 0 Å². The van der Waals surface area contributed by atoms with E-state index in [1.807, 2.05) is 6.07 Å². The van der Waals surface area contributed by atoms with E-state index in [-0.39, 0.29) is 5.92 Å². The molecule has 1 unspecified atom stereocenters. The molecule has 10 aromatic rings. The second kappa shape index (κ2) is 12.8. The van der Waals surface area contributed by atoms with E-state index in [1.54, 1.807) is 0 Å². The molecule has 0 N–H and O–H groups in total.